The van der Waals surface area contributed by atoms with Crippen molar-refractivity contribution >= 4 is 22.9 Å². The third kappa shape index (κ3) is 2.69. The van der Waals surface area contributed by atoms with Crippen molar-refractivity contribution in [1.82, 2.24) is 0 Å². The van der Waals surface area contributed by atoms with Gasteiger partial charge in [-0.25, -0.2) is 0 Å². The number of rotatable bonds is 4. The molecule has 4 heteroatoms. The Morgan fingerprint density at radius 3 is 2.50 bits per heavy atom. The lowest BCUT2D eigenvalue weighted by molar-refractivity contribution is 0.224. The molecule has 0 saturated heterocycles. The highest BCUT2D eigenvalue weighted by molar-refractivity contribution is 7.10. The molecule has 1 aromatic carbocycles. The standard InChI is InChI=1S/C14H15ClO2S/c1-3-17-11-6-4-10(5-7-11)13(16)14-12(15)9(2)8-18-14/h4-8,13,16H,3H2,1-2H3. The van der Waals surface area contributed by atoms with Crippen molar-refractivity contribution in [2.75, 3.05) is 6.61 Å². The van der Waals surface area contributed by atoms with Crippen LogP contribution in [0.2, 0.25) is 5.02 Å². The van der Waals surface area contributed by atoms with E-state index in [4.69, 9.17) is 16.3 Å². The number of hydrogen-bond donors (Lipinski definition) is 1. The van der Waals surface area contributed by atoms with Gasteiger partial charge in [-0.15, -0.1) is 11.3 Å². The first-order valence-electron chi connectivity index (χ1n) is 5.77. The average molecular weight is 283 g/mol. The summed E-state index contributed by atoms with van der Waals surface area (Å²) in [5.74, 6) is 0.807. The zero-order valence-electron chi connectivity index (χ0n) is 10.3. The van der Waals surface area contributed by atoms with Crippen LogP contribution in [0.1, 0.15) is 29.0 Å². The number of benzene rings is 1. The Hall–Kier alpha value is -1.03. The molecule has 96 valence electrons. The van der Waals surface area contributed by atoms with E-state index >= 15 is 0 Å². The van der Waals surface area contributed by atoms with Crippen LogP contribution in [-0.2, 0) is 0 Å². The molecule has 1 aromatic heterocycles. The van der Waals surface area contributed by atoms with E-state index in [1.807, 2.05) is 43.5 Å². The van der Waals surface area contributed by atoms with Gasteiger partial charge in [0.25, 0.3) is 0 Å². The third-order valence-electron chi connectivity index (χ3n) is 2.68. The van der Waals surface area contributed by atoms with Gasteiger partial charge in [0.2, 0.25) is 0 Å². The van der Waals surface area contributed by atoms with Crippen LogP contribution in [0.5, 0.6) is 5.75 Å². The lowest BCUT2D eigenvalue weighted by Crippen LogP contribution is -1.98. The molecule has 0 saturated carbocycles. The minimum Gasteiger partial charge on any atom is -0.494 e. The molecule has 1 heterocycles. The number of aliphatic hydroxyl groups is 1. The van der Waals surface area contributed by atoms with Gasteiger partial charge >= 0.3 is 0 Å². The van der Waals surface area contributed by atoms with Crippen LogP contribution in [0, 0.1) is 6.92 Å². The number of halogens is 1. The van der Waals surface area contributed by atoms with Gasteiger partial charge in [-0.1, -0.05) is 23.7 Å². The summed E-state index contributed by atoms with van der Waals surface area (Å²) in [5, 5.41) is 12.9. The van der Waals surface area contributed by atoms with Crippen LogP contribution in [0.25, 0.3) is 0 Å². The lowest BCUT2D eigenvalue weighted by atomic mass is 10.1. The van der Waals surface area contributed by atoms with Gasteiger partial charge in [-0.3, -0.25) is 0 Å². The van der Waals surface area contributed by atoms with Crippen LogP contribution >= 0.6 is 22.9 Å². The predicted octanol–water partition coefficient (Wildman–Crippen LogP) is 4.19. The number of thiophene rings is 1. The second-order valence-corrected chi connectivity index (χ2v) is 5.29. The van der Waals surface area contributed by atoms with Crippen LogP contribution in [0.15, 0.2) is 29.6 Å². The summed E-state index contributed by atoms with van der Waals surface area (Å²) in [4.78, 5) is 0.790. The van der Waals surface area contributed by atoms with Crippen molar-refractivity contribution < 1.29 is 9.84 Å². The quantitative estimate of drug-likeness (QED) is 0.911. The molecule has 1 atom stereocenters. The summed E-state index contributed by atoms with van der Waals surface area (Å²) < 4.78 is 5.37. The fourth-order valence-electron chi connectivity index (χ4n) is 1.70. The van der Waals surface area contributed by atoms with E-state index in [1.165, 1.54) is 11.3 Å². The molecule has 2 aromatic rings. The zero-order valence-corrected chi connectivity index (χ0v) is 11.9. The Labute approximate surface area is 116 Å². The van der Waals surface area contributed by atoms with Gasteiger partial charge in [0, 0.05) is 0 Å². The SMILES string of the molecule is CCOc1ccc(C(O)c2scc(C)c2Cl)cc1. The Morgan fingerprint density at radius 1 is 1.33 bits per heavy atom. The smallest absolute Gasteiger partial charge is 0.119 e. The molecule has 0 fully saturated rings. The fraction of sp³-hybridized carbons (Fsp3) is 0.286. The Balaban J connectivity index is 2.23. The first-order chi connectivity index (χ1) is 8.63. The van der Waals surface area contributed by atoms with Crippen LogP contribution in [-0.4, -0.2) is 11.7 Å². The molecule has 18 heavy (non-hydrogen) atoms. The molecular weight excluding hydrogens is 268 g/mol. The summed E-state index contributed by atoms with van der Waals surface area (Å²) >= 11 is 7.64. The lowest BCUT2D eigenvalue weighted by Gasteiger charge is -2.11. The molecule has 0 radical (unpaired) electrons. The average Bonchev–Trinajstić information content (AvgIpc) is 2.71. The highest BCUT2D eigenvalue weighted by atomic mass is 35.5. The normalized spacial score (nSPS) is 12.4. The van der Waals surface area contributed by atoms with E-state index in [0.29, 0.717) is 11.6 Å². The molecule has 0 spiro atoms. The van der Waals surface area contributed by atoms with Crippen LogP contribution < -0.4 is 4.74 Å². The third-order valence-corrected chi connectivity index (χ3v) is 4.45. The summed E-state index contributed by atoms with van der Waals surface area (Å²) in [5.41, 5.74) is 1.82. The highest BCUT2D eigenvalue weighted by Crippen LogP contribution is 2.35. The topological polar surface area (TPSA) is 29.5 Å². The minimum absolute atomic E-state index is 0.637. The van der Waals surface area contributed by atoms with Crippen molar-refractivity contribution in [3.05, 3.63) is 50.7 Å². The van der Waals surface area contributed by atoms with Crippen LogP contribution in [0.4, 0.5) is 0 Å². The van der Waals surface area contributed by atoms with E-state index in [2.05, 4.69) is 0 Å². The summed E-state index contributed by atoms with van der Waals surface area (Å²) in [6, 6.07) is 7.44. The van der Waals surface area contributed by atoms with Crippen molar-refractivity contribution in [3.8, 4) is 5.75 Å². The molecule has 1 unspecified atom stereocenters. The van der Waals surface area contributed by atoms with E-state index in [9.17, 15) is 5.11 Å². The van der Waals surface area contributed by atoms with Crippen molar-refractivity contribution in [2.45, 2.75) is 20.0 Å². The van der Waals surface area contributed by atoms with Gasteiger partial charge < -0.3 is 9.84 Å². The zero-order chi connectivity index (χ0) is 13.1. The fourth-order valence-corrected chi connectivity index (χ4v) is 3.01. The minimum atomic E-state index is -0.674. The van der Waals surface area contributed by atoms with E-state index in [1.54, 1.807) is 0 Å². The van der Waals surface area contributed by atoms with Crippen molar-refractivity contribution in [2.24, 2.45) is 0 Å². The maximum absolute atomic E-state index is 10.3. The highest BCUT2D eigenvalue weighted by Gasteiger charge is 2.17. The second-order valence-electron chi connectivity index (χ2n) is 4.00. The van der Waals surface area contributed by atoms with E-state index < -0.39 is 6.10 Å². The summed E-state index contributed by atoms with van der Waals surface area (Å²) in [6.07, 6.45) is -0.674. The molecule has 0 aliphatic rings. The number of hydrogen-bond acceptors (Lipinski definition) is 3. The second kappa shape index (κ2) is 5.74. The van der Waals surface area contributed by atoms with E-state index in [0.717, 1.165) is 21.8 Å². The maximum Gasteiger partial charge on any atom is 0.119 e. The van der Waals surface area contributed by atoms with Gasteiger partial charge in [-0.05, 0) is 42.5 Å². The molecule has 1 N–H and O–H groups in total. The van der Waals surface area contributed by atoms with Gasteiger partial charge in [0.1, 0.15) is 11.9 Å². The Kier molecular flexibility index (Phi) is 4.27. The monoisotopic (exact) mass is 282 g/mol. The molecule has 0 amide bonds. The summed E-state index contributed by atoms with van der Waals surface area (Å²) in [7, 11) is 0. The van der Waals surface area contributed by atoms with Crippen LogP contribution in [0.3, 0.4) is 0 Å². The molecular formula is C14H15ClO2S. The van der Waals surface area contributed by atoms with Gasteiger partial charge in [0.15, 0.2) is 0 Å². The van der Waals surface area contributed by atoms with Gasteiger partial charge in [0.05, 0.1) is 16.5 Å². The molecule has 2 rings (SSSR count). The van der Waals surface area contributed by atoms with E-state index in [-0.39, 0.29) is 0 Å². The molecule has 0 bridgehead atoms. The first-order valence-corrected chi connectivity index (χ1v) is 7.03. The molecule has 0 aliphatic carbocycles. The largest absolute Gasteiger partial charge is 0.494 e. The Morgan fingerprint density at radius 2 is 2.00 bits per heavy atom. The first kappa shape index (κ1) is 13.4. The summed E-state index contributed by atoms with van der Waals surface area (Å²) in [6.45, 7) is 4.52. The maximum atomic E-state index is 10.3. The van der Waals surface area contributed by atoms with Crippen molar-refractivity contribution in [3.63, 3.8) is 0 Å². The Bertz CT molecular complexity index is 519. The predicted molar refractivity (Wildman–Crippen MR) is 75.7 cm³/mol. The number of ether oxygens (including phenoxy) is 1. The van der Waals surface area contributed by atoms with Crippen molar-refractivity contribution in [1.29, 1.82) is 0 Å². The number of aryl methyl sites for hydroxylation is 1. The number of aliphatic hydroxyl groups excluding tert-OH is 1. The van der Waals surface area contributed by atoms with Gasteiger partial charge in [-0.2, -0.15) is 0 Å². The molecule has 0 aliphatic heterocycles. The molecule has 2 nitrogen and oxygen atoms in total.